The van der Waals surface area contributed by atoms with Crippen molar-refractivity contribution >= 4 is 5.91 Å². The fourth-order valence-corrected chi connectivity index (χ4v) is 2.83. The van der Waals surface area contributed by atoms with Gasteiger partial charge in [-0.3, -0.25) is 9.59 Å². The van der Waals surface area contributed by atoms with Crippen LogP contribution in [0.5, 0.6) is 0 Å². The van der Waals surface area contributed by atoms with Crippen molar-refractivity contribution in [3.63, 3.8) is 0 Å². The Morgan fingerprint density at radius 3 is 2.37 bits per heavy atom. The van der Waals surface area contributed by atoms with Crippen LogP contribution in [0.1, 0.15) is 41.5 Å². The maximum Gasteiger partial charge on any atom is 0.270 e. The van der Waals surface area contributed by atoms with Crippen LogP contribution in [-0.4, -0.2) is 22.4 Å². The molecule has 27 heavy (non-hydrogen) atoms. The van der Waals surface area contributed by atoms with Gasteiger partial charge in [-0.2, -0.15) is 0 Å². The van der Waals surface area contributed by atoms with Crippen LogP contribution in [0, 0.1) is 0 Å². The van der Waals surface area contributed by atoms with Gasteiger partial charge in [0.15, 0.2) is 0 Å². The molecule has 0 aliphatic carbocycles. The molecule has 5 nitrogen and oxygen atoms in total. The molecule has 0 radical (unpaired) electrons. The van der Waals surface area contributed by atoms with Crippen LogP contribution in [0.3, 0.4) is 0 Å². The molecular weight excluding hydrogens is 338 g/mol. The number of carbonyl (C=O) groups is 1. The number of unbranched alkanes of at least 4 members (excludes halogenated alkanes) is 1. The van der Waals surface area contributed by atoms with Crippen LogP contribution >= 0.6 is 0 Å². The summed E-state index contributed by atoms with van der Waals surface area (Å²) in [5.41, 5.74) is 2.55. The van der Waals surface area contributed by atoms with Gasteiger partial charge in [0, 0.05) is 18.5 Å². The maximum absolute atomic E-state index is 12.6. The predicted molar refractivity (Wildman–Crippen MR) is 107 cm³/mol. The summed E-state index contributed by atoms with van der Waals surface area (Å²) in [7, 11) is 0. The van der Waals surface area contributed by atoms with E-state index < -0.39 is 0 Å². The number of carbonyl (C=O) groups excluding carboxylic acids is 1. The Kier molecular flexibility index (Phi) is 6.15. The second-order valence-corrected chi connectivity index (χ2v) is 6.37. The summed E-state index contributed by atoms with van der Waals surface area (Å²) >= 11 is 0. The molecule has 3 aromatic rings. The third kappa shape index (κ3) is 4.70. The largest absolute Gasteiger partial charge is 0.351 e. The van der Waals surface area contributed by atoms with Crippen molar-refractivity contribution in [2.75, 3.05) is 6.54 Å². The average Bonchev–Trinajstić information content (AvgIpc) is 2.71. The first-order chi connectivity index (χ1) is 13.2. The summed E-state index contributed by atoms with van der Waals surface area (Å²) in [6, 6.07) is 19.1. The zero-order chi connectivity index (χ0) is 19.1. The van der Waals surface area contributed by atoms with E-state index in [-0.39, 0.29) is 17.2 Å². The zero-order valence-electron chi connectivity index (χ0n) is 15.4. The predicted octanol–water partition coefficient (Wildman–Crippen LogP) is 3.56. The number of hydrogen-bond donors (Lipinski definition) is 2. The van der Waals surface area contributed by atoms with Crippen molar-refractivity contribution in [3.8, 4) is 11.3 Å². The Balaban J connectivity index is 2.01. The molecule has 5 heteroatoms. The van der Waals surface area contributed by atoms with E-state index in [1.807, 2.05) is 60.7 Å². The highest BCUT2D eigenvalue weighted by Crippen LogP contribution is 2.20. The molecule has 0 unspecified atom stereocenters. The lowest BCUT2D eigenvalue weighted by atomic mass is 10.1. The molecule has 1 amide bonds. The molecule has 1 aromatic heterocycles. The van der Waals surface area contributed by atoms with Crippen LogP contribution in [0.25, 0.3) is 11.3 Å². The summed E-state index contributed by atoms with van der Waals surface area (Å²) in [6.07, 6.45) is 2.28. The first-order valence-electron chi connectivity index (χ1n) is 9.19. The lowest BCUT2D eigenvalue weighted by molar-refractivity contribution is 0.0948. The Bertz CT molecular complexity index is 950. The van der Waals surface area contributed by atoms with Crippen LogP contribution < -0.4 is 10.9 Å². The molecule has 1 heterocycles. The van der Waals surface area contributed by atoms with Crippen molar-refractivity contribution in [2.24, 2.45) is 0 Å². The Labute approximate surface area is 158 Å². The van der Waals surface area contributed by atoms with Gasteiger partial charge < -0.3 is 10.3 Å². The third-order valence-corrected chi connectivity index (χ3v) is 4.29. The van der Waals surface area contributed by atoms with Gasteiger partial charge in [-0.15, -0.1) is 0 Å². The molecule has 138 valence electrons. The van der Waals surface area contributed by atoms with Crippen molar-refractivity contribution < 1.29 is 4.79 Å². The fraction of sp³-hybridized carbons (Fsp3) is 0.227. The maximum atomic E-state index is 12.6. The van der Waals surface area contributed by atoms with E-state index in [0.29, 0.717) is 24.4 Å². The third-order valence-electron chi connectivity index (χ3n) is 4.29. The lowest BCUT2D eigenvalue weighted by Gasteiger charge is -2.11. The number of hydrogen-bond acceptors (Lipinski definition) is 3. The number of benzene rings is 2. The van der Waals surface area contributed by atoms with Gasteiger partial charge in [0.2, 0.25) is 0 Å². The molecule has 0 saturated heterocycles. The van der Waals surface area contributed by atoms with Gasteiger partial charge in [0.25, 0.3) is 11.5 Å². The van der Waals surface area contributed by atoms with E-state index >= 15 is 0 Å². The average molecular weight is 361 g/mol. The van der Waals surface area contributed by atoms with E-state index in [1.54, 1.807) is 0 Å². The molecule has 0 aliphatic rings. The first kappa shape index (κ1) is 18.6. The second-order valence-electron chi connectivity index (χ2n) is 6.37. The highest BCUT2D eigenvalue weighted by Gasteiger charge is 2.18. The van der Waals surface area contributed by atoms with Crippen LogP contribution in [0.4, 0.5) is 0 Å². The summed E-state index contributed by atoms with van der Waals surface area (Å²) in [6.45, 7) is 2.63. The van der Waals surface area contributed by atoms with Gasteiger partial charge in [0.05, 0.1) is 5.69 Å². The molecule has 0 spiro atoms. The Hall–Kier alpha value is -3.21. The van der Waals surface area contributed by atoms with Crippen molar-refractivity contribution in [1.82, 2.24) is 15.3 Å². The number of nitrogens with one attached hydrogen (secondary N) is 2. The number of amides is 1. The quantitative estimate of drug-likeness (QED) is 0.632. The second kappa shape index (κ2) is 8.94. The van der Waals surface area contributed by atoms with Gasteiger partial charge in [-0.25, -0.2) is 4.98 Å². The SMILES string of the molecule is CCCCNC(=O)c1[nH]c(=O)c(Cc2ccccc2)nc1-c1ccccc1. The molecular formula is C22H23N3O2. The number of H-pyrrole nitrogens is 1. The van der Waals surface area contributed by atoms with Gasteiger partial charge in [-0.05, 0) is 12.0 Å². The molecule has 0 bridgehead atoms. The minimum absolute atomic E-state index is 0.208. The Morgan fingerprint density at radius 2 is 1.70 bits per heavy atom. The molecule has 0 atom stereocenters. The van der Waals surface area contributed by atoms with E-state index in [1.165, 1.54) is 0 Å². The van der Waals surface area contributed by atoms with E-state index in [2.05, 4.69) is 22.2 Å². The van der Waals surface area contributed by atoms with E-state index in [4.69, 9.17) is 0 Å². The lowest BCUT2D eigenvalue weighted by Crippen LogP contribution is -2.30. The molecule has 2 aromatic carbocycles. The van der Waals surface area contributed by atoms with Crippen molar-refractivity contribution in [1.29, 1.82) is 0 Å². The highest BCUT2D eigenvalue weighted by molar-refractivity contribution is 5.97. The molecule has 0 saturated carbocycles. The van der Waals surface area contributed by atoms with Gasteiger partial charge >= 0.3 is 0 Å². The smallest absolute Gasteiger partial charge is 0.270 e. The number of aromatic amines is 1. The van der Waals surface area contributed by atoms with Gasteiger partial charge in [0.1, 0.15) is 11.4 Å². The minimum Gasteiger partial charge on any atom is -0.351 e. The molecule has 0 fully saturated rings. The summed E-state index contributed by atoms with van der Waals surface area (Å²) < 4.78 is 0. The number of rotatable bonds is 7. The van der Waals surface area contributed by atoms with Gasteiger partial charge in [-0.1, -0.05) is 74.0 Å². The monoisotopic (exact) mass is 361 g/mol. The highest BCUT2D eigenvalue weighted by atomic mass is 16.2. The fourth-order valence-electron chi connectivity index (χ4n) is 2.83. The minimum atomic E-state index is -0.334. The van der Waals surface area contributed by atoms with Crippen molar-refractivity contribution in [3.05, 3.63) is 88.0 Å². The normalized spacial score (nSPS) is 10.6. The number of aromatic nitrogens is 2. The topological polar surface area (TPSA) is 74.8 Å². The standard InChI is InChI=1S/C22H23N3O2/c1-2-3-14-23-22(27)20-19(17-12-8-5-9-13-17)24-18(21(26)25-20)15-16-10-6-4-7-11-16/h4-13H,2-3,14-15H2,1H3,(H,23,27)(H,25,26). The summed E-state index contributed by atoms with van der Waals surface area (Å²) in [5, 5.41) is 2.86. The molecule has 2 N–H and O–H groups in total. The summed E-state index contributed by atoms with van der Waals surface area (Å²) in [4.78, 5) is 32.5. The molecule has 0 aliphatic heterocycles. The van der Waals surface area contributed by atoms with E-state index in [0.717, 1.165) is 24.0 Å². The number of nitrogens with zero attached hydrogens (tertiary/aromatic N) is 1. The molecule has 3 rings (SSSR count). The van der Waals surface area contributed by atoms with Crippen LogP contribution in [-0.2, 0) is 6.42 Å². The summed E-state index contributed by atoms with van der Waals surface area (Å²) in [5.74, 6) is -0.307. The van der Waals surface area contributed by atoms with Crippen LogP contribution in [0.2, 0.25) is 0 Å². The first-order valence-corrected chi connectivity index (χ1v) is 9.19. The van der Waals surface area contributed by atoms with Crippen molar-refractivity contribution in [2.45, 2.75) is 26.2 Å². The zero-order valence-corrected chi connectivity index (χ0v) is 15.4. The van der Waals surface area contributed by atoms with Crippen LogP contribution in [0.15, 0.2) is 65.5 Å². The Morgan fingerprint density at radius 1 is 1.04 bits per heavy atom. The van der Waals surface area contributed by atoms with E-state index in [9.17, 15) is 9.59 Å².